The van der Waals surface area contributed by atoms with Crippen LogP contribution in [0.2, 0.25) is 0 Å². The van der Waals surface area contributed by atoms with Gasteiger partial charge in [0.1, 0.15) is 0 Å². The van der Waals surface area contributed by atoms with Crippen LogP contribution in [-0.2, 0) is 11.3 Å². The summed E-state index contributed by atoms with van der Waals surface area (Å²) in [6.07, 6.45) is 4.62. The Balaban J connectivity index is 1.58. The molecule has 2 N–H and O–H groups in total. The molecule has 27 heavy (non-hydrogen) atoms. The van der Waals surface area contributed by atoms with E-state index >= 15 is 0 Å². The first-order valence-electron chi connectivity index (χ1n) is 9.56. The van der Waals surface area contributed by atoms with Crippen LogP contribution in [0.3, 0.4) is 0 Å². The zero-order valence-corrected chi connectivity index (χ0v) is 16.7. The summed E-state index contributed by atoms with van der Waals surface area (Å²) < 4.78 is 1.57. The number of carbonyl (C=O) groups excluding carboxylic acids is 1. The van der Waals surface area contributed by atoms with Crippen LogP contribution in [-0.4, -0.2) is 39.0 Å². The van der Waals surface area contributed by atoms with Crippen molar-refractivity contribution in [2.75, 3.05) is 23.3 Å². The first-order chi connectivity index (χ1) is 13.1. The van der Waals surface area contributed by atoms with Crippen LogP contribution in [0.1, 0.15) is 39.5 Å². The smallest absolute Gasteiger partial charge is 0.343 e. The lowest BCUT2D eigenvalue weighted by molar-refractivity contribution is -0.115. The summed E-state index contributed by atoms with van der Waals surface area (Å²) in [5.74, 6) is -0.107. The molecule has 0 bridgehead atoms. The summed E-state index contributed by atoms with van der Waals surface area (Å²) in [6, 6.07) is 8.01. The molecule has 0 spiro atoms. The quantitative estimate of drug-likeness (QED) is 0.711. The van der Waals surface area contributed by atoms with Crippen molar-refractivity contribution in [1.82, 2.24) is 14.8 Å². The predicted molar refractivity (Wildman–Crippen MR) is 110 cm³/mol. The Morgan fingerprint density at radius 2 is 1.96 bits per heavy atom. The minimum atomic E-state index is -0.363. The van der Waals surface area contributed by atoms with Gasteiger partial charge >= 0.3 is 5.69 Å². The number of nitrogens with one attached hydrogen (secondary N) is 2. The molecule has 0 radical (unpaired) electrons. The van der Waals surface area contributed by atoms with E-state index in [1.807, 2.05) is 26.0 Å². The van der Waals surface area contributed by atoms with E-state index in [1.165, 1.54) is 36.7 Å². The number of aromatic amines is 1. The highest BCUT2D eigenvalue weighted by Gasteiger charge is 2.19. The van der Waals surface area contributed by atoms with Crippen molar-refractivity contribution in [1.29, 1.82) is 0 Å². The monoisotopic (exact) mass is 389 g/mol. The van der Waals surface area contributed by atoms with Crippen molar-refractivity contribution in [3.63, 3.8) is 0 Å². The van der Waals surface area contributed by atoms with Crippen LogP contribution in [0.25, 0.3) is 0 Å². The number of thioether (sulfide) groups is 1. The number of nitrogens with zero attached hydrogens (tertiary/aromatic N) is 3. The highest BCUT2D eigenvalue weighted by atomic mass is 32.2. The van der Waals surface area contributed by atoms with Gasteiger partial charge in [-0.2, -0.15) is 0 Å². The lowest BCUT2D eigenvalue weighted by Crippen LogP contribution is -2.29. The van der Waals surface area contributed by atoms with Gasteiger partial charge < -0.3 is 10.2 Å². The summed E-state index contributed by atoms with van der Waals surface area (Å²) in [6.45, 7) is 6.60. The molecule has 1 atom stereocenters. The van der Waals surface area contributed by atoms with E-state index in [0.29, 0.717) is 11.7 Å². The van der Waals surface area contributed by atoms with Crippen LogP contribution in [0.4, 0.5) is 11.4 Å². The zero-order chi connectivity index (χ0) is 19.2. The molecule has 0 saturated carbocycles. The molecular formula is C19H27N5O2S. The number of H-pyrrole nitrogens is 1. The average Bonchev–Trinajstić information content (AvgIpc) is 3.03. The number of hydrogen-bond acceptors (Lipinski definition) is 5. The van der Waals surface area contributed by atoms with Gasteiger partial charge in [-0.25, -0.2) is 9.89 Å². The van der Waals surface area contributed by atoms with Crippen molar-refractivity contribution >= 4 is 29.0 Å². The topological polar surface area (TPSA) is 83.0 Å². The normalized spacial score (nSPS) is 15.6. The molecule has 0 aliphatic carbocycles. The number of hydrogen-bond donors (Lipinski definition) is 2. The van der Waals surface area contributed by atoms with Gasteiger partial charge in [-0.05, 0) is 56.9 Å². The van der Waals surface area contributed by atoms with E-state index in [-0.39, 0.29) is 16.8 Å². The van der Waals surface area contributed by atoms with E-state index in [0.717, 1.165) is 25.2 Å². The van der Waals surface area contributed by atoms with Gasteiger partial charge in [0.2, 0.25) is 5.91 Å². The Labute approximate surface area is 163 Å². The molecule has 1 saturated heterocycles. The van der Waals surface area contributed by atoms with Gasteiger partial charge in [-0.1, -0.05) is 18.7 Å². The van der Waals surface area contributed by atoms with Crippen molar-refractivity contribution in [3.8, 4) is 0 Å². The number of carbonyl (C=O) groups is 1. The van der Waals surface area contributed by atoms with Crippen LogP contribution in [0.5, 0.6) is 0 Å². The third-order valence-electron chi connectivity index (χ3n) is 4.68. The summed E-state index contributed by atoms with van der Waals surface area (Å²) in [5.41, 5.74) is 1.75. The van der Waals surface area contributed by atoms with Crippen molar-refractivity contribution in [3.05, 3.63) is 34.7 Å². The van der Waals surface area contributed by atoms with E-state index in [9.17, 15) is 9.59 Å². The Morgan fingerprint density at radius 1 is 1.26 bits per heavy atom. The standard InChI is InChI=1S/C19H27N5O2S/c1-3-11-24-18(26)21-22-19(24)27-14(2)17(25)20-15-7-9-16(10-8-15)23-12-5-4-6-13-23/h7-10,14H,3-6,11-13H2,1-2H3,(H,20,25)(H,21,26)/t14-/m0/s1. The molecule has 1 fully saturated rings. The molecule has 3 rings (SSSR count). The van der Waals surface area contributed by atoms with Crippen molar-refractivity contribution < 1.29 is 4.79 Å². The predicted octanol–water partition coefficient (Wildman–Crippen LogP) is 3.09. The molecule has 1 aliphatic rings. The van der Waals surface area contributed by atoms with Gasteiger partial charge in [0.15, 0.2) is 5.16 Å². The molecule has 1 aliphatic heterocycles. The van der Waals surface area contributed by atoms with Gasteiger partial charge in [0.25, 0.3) is 0 Å². The molecule has 7 nitrogen and oxygen atoms in total. The molecule has 1 aromatic carbocycles. The highest BCUT2D eigenvalue weighted by Crippen LogP contribution is 2.24. The maximum Gasteiger partial charge on any atom is 0.343 e. The number of benzene rings is 1. The fraction of sp³-hybridized carbons (Fsp3) is 0.526. The maximum atomic E-state index is 12.5. The fourth-order valence-corrected chi connectivity index (χ4v) is 4.06. The van der Waals surface area contributed by atoms with Crippen molar-refractivity contribution in [2.24, 2.45) is 0 Å². The van der Waals surface area contributed by atoms with Gasteiger partial charge in [0.05, 0.1) is 5.25 Å². The minimum Gasteiger partial charge on any atom is -0.372 e. The van der Waals surface area contributed by atoms with E-state index in [4.69, 9.17) is 0 Å². The fourth-order valence-electron chi connectivity index (χ4n) is 3.18. The Kier molecular flexibility index (Phi) is 6.60. The summed E-state index contributed by atoms with van der Waals surface area (Å²) >= 11 is 1.28. The van der Waals surface area contributed by atoms with Gasteiger partial charge in [0, 0.05) is 31.0 Å². The largest absolute Gasteiger partial charge is 0.372 e. The number of aromatic nitrogens is 3. The van der Waals surface area contributed by atoms with E-state index in [2.05, 4.69) is 32.5 Å². The zero-order valence-electron chi connectivity index (χ0n) is 15.9. The van der Waals surface area contributed by atoms with Gasteiger partial charge in [-0.3, -0.25) is 9.36 Å². The number of piperidine rings is 1. The second-order valence-electron chi connectivity index (χ2n) is 6.81. The number of anilines is 2. The molecule has 1 aromatic heterocycles. The summed E-state index contributed by atoms with van der Waals surface area (Å²) in [7, 11) is 0. The summed E-state index contributed by atoms with van der Waals surface area (Å²) in [4.78, 5) is 26.7. The maximum absolute atomic E-state index is 12.5. The van der Waals surface area contributed by atoms with E-state index < -0.39 is 0 Å². The molecule has 2 aromatic rings. The average molecular weight is 390 g/mol. The van der Waals surface area contributed by atoms with Crippen LogP contribution in [0, 0.1) is 0 Å². The third kappa shape index (κ3) is 4.94. The number of amides is 1. The molecule has 0 unspecified atom stereocenters. The van der Waals surface area contributed by atoms with Gasteiger partial charge in [-0.15, -0.1) is 5.10 Å². The number of rotatable bonds is 7. The second-order valence-corrected chi connectivity index (χ2v) is 8.11. The molecule has 1 amide bonds. The Bertz CT molecular complexity index is 808. The van der Waals surface area contributed by atoms with Crippen LogP contribution < -0.4 is 15.9 Å². The van der Waals surface area contributed by atoms with E-state index in [1.54, 1.807) is 4.57 Å². The molecular weight excluding hydrogens is 362 g/mol. The lowest BCUT2D eigenvalue weighted by atomic mass is 10.1. The van der Waals surface area contributed by atoms with Crippen molar-refractivity contribution in [2.45, 2.75) is 56.5 Å². The molecule has 146 valence electrons. The van der Waals surface area contributed by atoms with Crippen LogP contribution >= 0.6 is 11.8 Å². The lowest BCUT2D eigenvalue weighted by Gasteiger charge is -2.28. The molecule has 8 heteroatoms. The van der Waals surface area contributed by atoms with Crippen LogP contribution in [0.15, 0.2) is 34.2 Å². The summed E-state index contributed by atoms with van der Waals surface area (Å²) in [5, 5.41) is 9.61. The molecule has 2 heterocycles. The Hall–Kier alpha value is -2.22. The SMILES string of the molecule is CCCn1c(S[C@@H](C)C(=O)Nc2ccc(N3CCCCC3)cc2)n[nH]c1=O. The first-order valence-corrected chi connectivity index (χ1v) is 10.4. The first kappa shape index (κ1) is 19.5. The third-order valence-corrected chi connectivity index (χ3v) is 5.77. The minimum absolute atomic E-state index is 0.107. The highest BCUT2D eigenvalue weighted by molar-refractivity contribution is 8.00. The second kappa shape index (κ2) is 9.12. The Morgan fingerprint density at radius 3 is 2.63 bits per heavy atom.